The normalized spacial score (nSPS) is 20.2. The summed E-state index contributed by atoms with van der Waals surface area (Å²) in [4.78, 5) is 10.4. The zero-order chi connectivity index (χ0) is 13.0. The predicted octanol–water partition coefficient (Wildman–Crippen LogP) is 2.46. The van der Waals surface area contributed by atoms with Gasteiger partial charge in [-0.2, -0.15) is 0 Å². The smallest absolute Gasteiger partial charge is 0.271 e. The lowest BCUT2D eigenvalue weighted by Gasteiger charge is -2.19. The van der Waals surface area contributed by atoms with E-state index in [0.717, 1.165) is 30.8 Å². The van der Waals surface area contributed by atoms with Gasteiger partial charge in [0.2, 0.25) is 0 Å². The SMILES string of the molecule is Cc1ccc([N+](=O)[O-])cc1NC1CCCCNC1. The molecule has 1 aromatic carbocycles. The zero-order valence-corrected chi connectivity index (χ0v) is 10.6. The first-order chi connectivity index (χ1) is 8.66. The van der Waals surface area contributed by atoms with Crippen LogP contribution in [0.5, 0.6) is 0 Å². The number of non-ortho nitro benzene ring substituents is 1. The minimum absolute atomic E-state index is 0.143. The van der Waals surface area contributed by atoms with Crippen LogP contribution in [-0.2, 0) is 0 Å². The average molecular weight is 249 g/mol. The molecule has 2 rings (SSSR count). The molecule has 0 amide bonds. The second-order valence-corrected chi connectivity index (χ2v) is 4.80. The Bertz CT molecular complexity index is 426. The highest BCUT2D eigenvalue weighted by Crippen LogP contribution is 2.23. The summed E-state index contributed by atoms with van der Waals surface area (Å²) in [5, 5.41) is 17.6. The van der Waals surface area contributed by atoms with Crippen LogP contribution < -0.4 is 10.6 Å². The van der Waals surface area contributed by atoms with E-state index in [9.17, 15) is 10.1 Å². The van der Waals surface area contributed by atoms with Gasteiger partial charge in [0, 0.05) is 30.4 Å². The van der Waals surface area contributed by atoms with Crippen molar-refractivity contribution in [2.24, 2.45) is 0 Å². The number of nitro benzene ring substituents is 1. The number of nitro groups is 1. The highest BCUT2D eigenvalue weighted by molar-refractivity contribution is 5.57. The Balaban J connectivity index is 2.11. The van der Waals surface area contributed by atoms with Crippen LogP contribution in [0.15, 0.2) is 18.2 Å². The summed E-state index contributed by atoms with van der Waals surface area (Å²) >= 11 is 0. The molecule has 5 nitrogen and oxygen atoms in total. The van der Waals surface area contributed by atoms with Gasteiger partial charge in [0.05, 0.1) is 4.92 Å². The van der Waals surface area contributed by atoms with Crippen LogP contribution in [0.1, 0.15) is 24.8 Å². The standard InChI is InChI=1S/C13H19N3O2/c1-10-5-6-12(16(17)18)8-13(10)15-11-4-2-3-7-14-9-11/h5-6,8,11,14-15H,2-4,7,9H2,1H3. The van der Waals surface area contributed by atoms with Crippen LogP contribution in [0.2, 0.25) is 0 Å². The molecule has 1 heterocycles. The summed E-state index contributed by atoms with van der Waals surface area (Å²) in [6, 6.07) is 5.32. The minimum Gasteiger partial charge on any atom is -0.381 e. The third-order valence-electron chi connectivity index (χ3n) is 3.34. The van der Waals surface area contributed by atoms with Crippen molar-refractivity contribution in [3.8, 4) is 0 Å². The summed E-state index contributed by atoms with van der Waals surface area (Å²) in [5.74, 6) is 0. The van der Waals surface area contributed by atoms with E-state index >= 15 is 0 Å². The van der Waals surface area contributed by atoms with Crippen LogP contribution in [0.4, 0.5) is 11.4 Å². The van der Waals surface area contributed by atoms with Crippen LogP contribution in [0, 0.1) is 17.0 Å². The molecule has 1 saturated heterocycles. The van der Waals surface area contributed by atoms with Crippen LogP contribution in [-0.4, -0.2) is 24.1 Å². The monoisotopic (exact) mass is 249 g/mol. The highest BCUT2D eigenvalue weighted by Gasteiger charge is 2.14. The van der Waals surface area contributed by atoms with E-state index in [2.05, 4.69) is 10.6 Å². The van der Waals surface area contributed by atoms with Gasteiger partial charge in [0.15, 0.2) is 0 Å². The van der Waals surface area contributed by atoms with E-state index in [4.69, 9.17) is 0 Å². The molecule has 0 aromatic heterocycles. The molecule has 18 heavy (non-hydrogen) atoms. The van der Waals surface area contributed by atoms with Gasteiger partial charge >= 0.3 is 0 Å². The van der Waals surface area contributed by atoms with E-state index in [0.29, 0.717) is 6.04 Å². The molecule has 2 N–H and O–H groups in total. The highest BCUT2D eigenvalue weighted by atomic mass is 16.6. The van der Waals surface area contributed by atoms with Crippen molar-refractivity contribution in [3.05, 3.63) is 33.9 Å². The van der Waals surface area contributed by atoms with Gasteiger partial charge in [-0.1, -0.05) is 12.5 Å². The topological polar surface area (TPSA) is 67.2 Å². The van der Waals surface area contributed by atoms with Gasteiger partial charge in [-0.25, -0.2) is 0 Å². The lowest BCUT2D eigenvalue weighted by Crippen LogP contribution is -2.31. The Morgan fingerprint density at radius 3 is 3.06 bits per heavy atom. The minimum atomic E-state index is -0.351. The fraction of sp³-hybridized carbons (Fsp3) is 0.538. The summed E-state index contributed by atoms with van der Waals surface area (Å²) in [5.41, 5.74) is 2.06. The van der Waals surface area contributed by atoms with Gasteiger partial charge in [0.1, 0.15) is 0 Å². The molecule has 0 saturated carbocycles. The lowest BCUT2D eigenvalue weighted by molar-refractivity contribution is -0.384. The Hall–Kier alpha value is -1.62. The van der Waals surface area contributed by atoms with Crippen molar-refractivity contribution in [3.63, 3.8) is 0 Å². The van der Waals surface area contributed by atoms with Crippen molar-refractivity contribution >= 4 is 11.4 Å². The molecule has 98 valence electrons. The van der Waals surface area contributed by atoms with Crippen LogP contribution in [0.3, 0.4) is 0 Å². The lowest BCUT2D eigenvalue weighted by atomic mass is 10.1. The third-order valence-corrected chi connectivity index (χ3v) is 3.34. The number of nitrogens with one attached hydrogen (secondary N) is 2. The number of nitrogens with zero attached hydrogens (tertiary/aromatic N) is 1. The van der Waals surface area contributed by atoms with Gasteiger partial charge in [0.25, 0.3) is 5.69 Å². The molecular formula is C13H19N3O2. The first kappa shape index (κ1) is 12.8. The fourth-order valence-corrected chi connectivity index (χ4v) is 2.24. The zero-order valence-electron chi connectivity index (χ0n) is 10.6. The Labute approximate surface area is 107 Å². The summed E-state index contributed by atoms with van der Waals surface area (Å²) in [6.07, 6.45) is 3.50. The molecule has 1 fully saturated rings. The molecule has 5 heteroatoms. The van der Waals surface area contributed by atoms with Crippen molar-refractivity contribution in [1.82, 2.24) is 5.32 Å². The largest absolute Gasteiger partial charge is 0.381 e. The van der Waals surface area contributed by atoms with Gasteiger partial charge in [-0.05, 0) is 31.9 Å². The quantitative estimate of drug-likeness (QED) is 0.638. The summed E-state index contributed by atoms with van der Waals surface area (Å²) in [7, 11) is 0. The van der Waals surface area contributed by atoms with Crippen LogP contribution >= 0.6 is 0 Å². The number of hydrogen-bond acceptors (Lipinski definition) is 4. The number of benzene rings is 1. The molecule has 1 aromatic rings. The van der Waals surface area contributed by atoms with E-state index in [1.807, 2.05) is 6.92 Å². The molecule has 0 aliphatic carbocycles. The maximum absolute atomic E-state index is 10.8. The molecule has 0 bridgehead atoms. The van der Waals surface area contributed by atoms with Crippen LogP contribution in [0.25, 0.3) is 0 Å². The first-order valence-corrected chi connectivity index (χ1v) is 6.39. The molecule has 0 spiro atoms. The molecule has 1 aliphatic heterocycles. The van der Waals surface area contributed by atoms with E-state index < -0.39 is 0 Å². The van der Waals surface area contributed by atoms with E-state index in [1.54, 1.807) is 18.2 Å². The molecule has 1 aliphatic rings. The Kier molecular flexibility index (Phi) is 4.15. The van der Waals surface area contributed by atoms with Gasteiger partial charge in [-0.3, -0.25) is 10.1 Å². The first-order valence-electron chi connectivity index (χ1n) is 6.39. The molecular weight excluding hydrogens is 230 g/mol. The number of anilines is 1. The maximum atomic E-state index is 10.8. The number of hydrogen-bond donors (Lipinski definition) is 2. The Morgan fingerprint density at radius 1 is 1.44 bits per heavy atom. The van der Waals surface area contributed by atoms with E-state index in [-0.39, 0.29) is 10.6 Å². The van der Waals surface area contributed by atoms with E-state index in [1.165, 1.54) is 12.8 Å². The maximum Gasteiger partial charge on any atom is 0.271 e. The molecule has 1 atom stereocenters. The van der Waals surface area contributed by atoms with Gasteiger partial charge in [-0.15, -0.1) is 0 Å². The third kappa shape index (κ3) is 3.20. The predicted molar refractivity (Wildman–Crippen MR) is 72.0 cm³/mol. The summed E-state index contributed by atoms with van der Waals surface area (Å²) < 4.78 is 0. The fourth-order valence-electron chi connectivity index (χ4n) is 2.24. The van der Waals surface area contributed by atoms with Crippen molar-refractivity contribution in [2.45, 2.75) is 32.2 Å². The number of rotatable bonds is 3. The average Bonchev–Trinajstić information content (AvgIpc) is 2.60. The summed E-state index contributed by atoms with van der Waals surface area (Å²) in [6.45, 7) is 3.95. The van der Waals surface area contributed by atoms with Gasteiger partial charge < -0.3 is 10.6 Å². The van der Waals surface area contributed by atoms with Crippen molar-refractivity contribution < 1.29 is 4.92 Å². The van der Waals surface area contributed by atoms with Crippen molar-refractivity contribution in [1.29, 1.82) is 0 Å². The Morgan fingerprint density at radius 2 is 2.28 bits per heavy atom. The second kappa shape index (κ2) is 5.82. The van der Waals surface area contributed by atoms with Crippen molar-refractivity contribution in [2.75, 3.05) is 18.4 Å². The number of aryl methyl sites for hydroxylation is 1. The molecule has 1 unspecified atom stereocenters. The second-order valence-electron chi connectivity index (χ2n) is 4.80. The molecule has 0 radical (unpaired) electrons.